The van der Waals surface area contributed by atoms with Crippen molar-refractivity contribution in [3.63, 3.8) is 0 Å². The van der Waals surface area contributed by atoms with E-state index in [1.54, 1.807) is 13.1 Å². The summed E-state index contributed by atoms with van der Waals surface area (Å²) in [5.41, 5.74) is 1.10. The van der Waals surface area contributed by atoms with Crippen LogP contribution in [0.4, 0.5) is 4.39 Å². The molecule has 25 heavy (non-hydrogen) atoms. The highest BCUT2D eigenvalue weighted by atomic mass is 19.1. The number of carboxylic acids is 1. The number of nitrogens with one attached hydrogen (secondary N) is 1. The number of carboxylic acid groups (broad SMARTS) is 1. The zero-order chi connectivity index (χ0) is 18.6. The summed E-state index contributed by atoms with van der Waals surface area (Å²) in [5, 5.41) is 16.0. The zero-order valence-corrected chi connectivity index (χ0v) is 14.2. The second-order valence-corrected chi connectivity index (χ2v) is 5.84. The molecule has 0 radical (unpaired) electrons. The number of aromatic nitrogens is 2. The number of hydrogen-bond donors (Lipinski definition) is 2. The molecule has 0 aliphatic carbocycles. The van der Waals surface area contributed by atoms with E-state index in [9.17, 15) is 19.1 Å². The Morgan fingerprint density at radius 3 is 2.48 bits per heavy atom. The topological polar surface area (TPSA) is 93.5 Å². The van der Waals surface area contributed by atoms with Crippen LogP contribution in [0.5, 0.6) is 5.75 Å². The van der Waals surface area contributed by atoms with Crippen molar-refractivity contribution in [2.45, 2.75) is 25.9 Å². The van der Waals surface area contributed by atoms with Gasteiger partial charge in [0.25, 0.3) is 5.91 Å². The number of hydrogen-bond acceptors (Lipinski definition) is 4. The van der Waals surface area contributed by atoms with Crippen LogP contribution in [0.25, 0.3) is 0 Å². The number of carbonyl (C=O) groups excluding carboxylic acids is 1. The third kappa shape index (κ3) is 4.79. The summed E-state index contributed by atoms with van der Waals surface area (Å²) in [4.78, 5) is 23.6. The van der Waals surface area contributed by atoms with Gasteiger partial charge in [0.15, 0.2) is 0 Å². The lowest BCUT2D eigenvalue weighted by Gasteiger charge is -2.15. The number of rotatable bonds is 7. The molecule has 1 atom stereocenters. The Labute approximate surface area is 144 Å². The minimum atomic E-state index is -1.30. The lowest BCUT2D eigenvalue weighted by atomic mass is 10.1. The number of aryl methyl sites for hydroxylation is 1. The first-order chi connectivity index (χ1) is 11.8. The van der Waals surface area contributed by atoms with E-state index in [1.165, 1.54) is 16.8 Å². The van der Waals surface area contributed by atoms with Crippen LogP contribution in [0.2, 0.25) is 0 Å². The van der Waals surface area contributed by atoms with Gasteiger partial charge in [-0.15, -0.1) is 0 Å². The molecule has 1 aromatic heterocycles. The van der Waals surface area contributed by atoms with Gasteiger partial charge >= 0.3 is 5.97 Å². The molecule has 2 rings (SSSR count). The number of nitrogens with zero attached hydrogens (tertiary/aromatic N) is 2. The molecule has 0 spiro atoms. The zero-order valence-electron chi connectivity index (χ0n) is 14.2. The van der Waals surface area contributed by atoms with Crippen LogP contribution in [0.1, 0.15) is 35.9 Å². The smallest absolute Gasteiger partial charge is 0.346 e. The van der Waals surface area contributed by atoms with E-state index in [4.69, 9.17) is 4.74 Å². The molecular formula is C17H20FN3O4. The largest absolute Gasteiger partial charge is 0.478 e. The van der Waals surface area contributed by atoms with Crippen LogP contribution in [0.3, 0.4) is 0 Å². The SMILES string of the molecule is CC(C)c1cc(C(=O)NCC(Oc2ccc(F)cc2)C(=O)O)n(C)n1. The molecule has 0 aliphatic heterocycles. The van der Waals surface area contributed by atoms with E-state index in [0.717, 1.165) is 17.8 Å². The minimum Gasteiger partial charge on any atom is -0.478 e. The number of amides is 1. The average Bonchev–Trinajstić information content (AvgIpc) is 2.95. The fourth-order valence-electron chi connectivity index (χ4n) is 2.12. The van der Waals surface area contributed by atoms with E-state index >= 15 is 0 Å². The van der Waals surface area contributed by atoms with Gasteiger partial charge < -0.3 is 15.2 Å². The molecule has 0 bridgehead atoms. The third-order valence-electron chi connectivity index (χ3n) is 3.54. The van der Waals surface area contributed by atoms with E-state index < -0.39 is 23.8 Å². The molecule has 1 unspecified atom stereocenters. The molecule has 0 saturated heterocycles. The summed E-state index contributed by atoms with van der Waals surface area (Å²) in [6, 6.07) is 6.63. The Hall–Kier alpha value is -2.90. The van der Waals surface area contributed by atoms with Crippen molar-refractivity contribution in [1.29, 1.82) is 0 Å². The van der Waals surface area contributed by atoms with Crippen LogP contribution in [-0.4, -0.2) is 39.4 Å². The predicted molar refractivity (Wildman–Crippen MR) is 88.1 cm³/mol. The molecule has 0 fully saturated rings. The highest BCUT2D eigenvalue weighted by Gasteiger charge is 2.22. The lowest BCUT2D eigenvalue weighted by molar-refractivity contribution is -0.144. The van der Waals surface area contributed by atoms with E-state index in [-0.39, 0.29) is 18.2 Å². The Balaban J connectivity index is 2.02. The molecule has 7 nitrogen and oxygen atoms in total. The highest BCUT2D eigenvalue weighted by Crippen LogP contribution is 2.15. The molecule has 0 aliphatic rings. The van der Waals surface area contributed by atoms with E-state index in [0.29, 0.717) is 5.69 Å². The van der Waals surface area contributed by atoms with Gasteiger partial charge in [0.05, 0.1) is 12.2 Å². The van der Waals surface area contributed by atoms with Crippen molar-refractivity contribution in [3.05, 3.63) is 47.5 Å². The molecular weight excluding hydrogens is 329 g/mol. The van der Waals surface area contributed by atoms with Crippen molar-refractivity contribution in [2.75, 3.05) is 6.54 Å². The first kappa shape index (κ1) is 18.4. The Morgan fingerprint density at radius 1 is 1.32 bits per heavy atom. The maximum absolute atomic E-state index is 12.9. The maximum atomic E-state index is 12.9. The van der Waals surface area contributed by atoms with Crippen molar-refractivity contribution >= 4 is 11.9 Å². The van der Waals surface area contributed by atoms with Crippen LogP contribution < -0.4 is 10.1 Å². The van der Waals surface area contributed by atoms with Crippen molar-refractivity contribution in [3.8, 4) is 5.75 Å². The highest BCUT2D eigenvalue weighted by molar-refractivity contribution is 5.93. The number of halogens is 1. The lowest BCUT2D eigenvalue weighted by Crippen LogP contribution is -2.40. The number of carbonyl (C=O) groups is 2. The van der Waals surface area contributed by atoms with Crippen molar-refractivity contribution in [1.82, 2.24) is 15.1 Å². The predicted octanol–water partition coefficient (Wildman–Crippen LogP) is 1.94. The quantitative estimate of drug-likeness (QED) is 0.797. The molecule has 134 valence electrons. The second kappa shape index (κ2) is 7.78. The fourth-order valence-corrected chi connectivity index (χ4v) is 2.12. The van der Waals surface area contributed by atoms with Crippen LogP contribution in [0.15, 0.2) is 30.3 Å². The molecule has 1 amide bonds. The van der Waals surface area contributed by atoms with Gasteiger partial charge in [-0.2, -0.15) is 5.10 Å². The number of benzene rings is 1. The summed E-state index contributed by atoms with van der Waals surface area (Å²) in [7, 11) is 1.64. The van der Waals surface area contributed by atoms with Gasteiger partial charge in [-0.05, 0) is 36.2 Å². The molecule has 2 aromatic rings. The summed E-state index contributed by atoms with van der Waals surface area (Å²) in [5.74, 6) is -1.77. The summed E-state index contributed by atoms with van der Waals surface area (Å²) in [6.45, 7) is 3.68. The standard InChI is InChI=1S/C17H20FN3O4/c1-10(2)13-8-14(21(3)20-13)16(22)19-9-15(17(23)24)25-12-6-4-11(18)5-7-12/h4-8,10,15H,9H2,1-3H3,(H,19,22)(H,23,24). The van der Waals surface area contributed by atoms with Crippen LogP contribution in [0, 0.1) is 5.82 Å². The molecule has 8 heteroatoms. The van der Waals surface area contributed by atoms with E-state index in [1.807, 2.05) is 13.8 Å². The van der Waals surface area contributed by atoms with Crippen LogP contribution >= 0.6 is 0 Å². The normalized spacial score (nSPS) is 12.0. The Morgan fingerprint density at radius 2 is 1.96 bits per heavy atom. The average molecular weight is 349 g/mol. The Kier molecular flexibility index (Phi) is 5.74. The second-order valence-electron chi connectivity index (χ2n) is 5.84. The number of aliphatic carboxylic acids is 1. The van der Waals surface area contributed by atoms with Gasteiger partial charge in [-0.1, -0.05) is 13.8 Å². The first-order valence-corrected chi connectivity index (χ1v) is 7.75. The third-order valence-corrected chi connectivity index (χ3v) is 3.54. The molecule has 2 N–H and O–H groups in total. The van der Waals surface area contributed by atoms with Crippen LogP contribution in [-0.2, 0) is 11.8 Å². The first-order valence-electron chi connectivity index (χ1n) is 7.75. The monoisotopic (exact) mass is 349 g/mol. The minimum absolute atomic E-state index is 0.168. The Bertz CT molecular complexity index is 756. The maximum Gasteiger partial charge on any atom is 0.346 e. The van der Waals surface area contributed by atoms with Gasteiger partial charge in [-0.3, -0.25) is 9.48 Å². The molecule has 1 aromatic carbocycles. The van der Waals surface area contributed by atoms with Gasteiger partial charge in [0.1, 0.15) is 17.3 Å². The summed E-state index contributed by atoms with van der Waals surface area (Å²) >= 11 is 0. The molecule has 1 heterocycles. The van der Waals surface area contributed by atoms with Crippen molar-refractivity contribution < 1.29 is 23.8 Å². The van der Waals surface area contributed by atoms with Crippen molar-refractivity contribution in [2.24, 2.45) is 7.05 Å². The van der Waals surface area contributed by atoms with Gasteiger partial charge in [0, 0.05) is 7.05 Å². The summed E-state index contributed by atoms with van der Waals surface area (Å²) < 4.78 is 19.6. The van der Waals surface area contributed by atoms with E-state index in [2.05, 4.69) is 10.4 Å². The molecule has 0 saturated carbocycles. The number of ether oxygens (including phenoxy) is 1. The summed E-state index contributed by atoms with van der Waals surface area (Å²) in [6.07, 6.45) is -1.30. The van der Waals surface area contributed by atoms with Gasteiger partial charge in [-0.25, -0.2) is 9.18 Å². The van der Waals surface area contributed by atoms with Gasteiger partial charge in [0.2, 0.25) is 6.10 Å². The fraction of sp³-hybridized carbons (Fsp3) is 0.353.